The normalized spacial score (nSPS) is 16.0. The predicted octanol–water partition coefficient (Wildman–Crippen LogP) is 10.7. The molecule has 1 aromatic carbocycles. The van der Waals surface area contributed by atoms with Crippen LogP contribution in [0.1, 0.15) is 134 Å². The number of benzene rings is 1. The molecule has 1 aromatic heterocycles. The summed E-state index contributed by atoms with van der Waals surface area (Å²) < 4.78 is 1.17. The molecule has 32 heavy (non-hydrogen) atoms. The number of aromatic amines is 1. The van der Waals surface area contributed by atoms with Crippen molar-refractivity contribution in [2.45, 2.75) is 135 Å². The predicted molar refractivity (Wildman–Crippen MR) is 146 cm³/mol. The number of hydrogen-bond acceptors (Lipinski definition) is 0. The summed E-state index contributed by atoms with van der Waals surface area (Å²) in [6.45, 7) is 2.30. The second-order valence-corrected chi connectivity index (χ2v) is 11.4. The molecular formula is C30H48BrN. The van der Waals surface area contributed by atoms with E-state index in [1.807, 2.05) is 0 Å². The van der Waals surface area contributed by atoms with Crippen molar-refractivity contribution in [2.75, 3.05) is 0 Å². The topological polar surface area (TPSA) is 15.8 Å². The van der Waals surface area contributed by atoms with Gasteiger partial charge in [0.2, 0.25) is 0 Å². The number of aromatic nitrogens is 1. The molecule has 1 unspecified atom stereocenters. The van der Waals surface area contributed by atoms with Crippen molar-refractivity contribution in [3.8, 4) is 0 Å². The van der Waals surface area contributed by atoms with E-state index >= 15 is 0 Å². The maximum Gasteiger partial charge on any atom is 0.0470 e. The molecular weight excluding hydrogens is 454 g/mol. The zero-order chi connectivity index (χ0) is 22.4. The second-order valence-electron chi connectivity index (χ2n) is 10.5. The van der Waals surface area contributed by atoms with Crippen LogP contribution in [0.25, 0.3) is 10.9 Å². The molecule has 1 nitrogen and oxygen atoms in total. The van der Waals surface area contributed by atoms with Crippen LogP contribution in [0.5, 0.6) is 0 Å². The Bertz CT molecular complexity index is 762. The Morgan fingerprint density at radius 3 is 1.94 bits per heavy atom. The molecule has 0 radical (unpaired) electrons. The molecule has 1 heterocycles. The van der Waals surface area contributed by atoms with Crippen molar-refractivity contribution < 1.29 is 0 Å². The van der Waals surface area contributed by atoms with Gasteiger partial charge >= 0.3 is 0 Å². The fraction of sp³-hybridized carbons (Fsp3) is 0.733. The third-order valence-electron chi connectivity index (χ3n) is 7.72. The highest BCUT2D eigenvalue weighted by molar-refractivity contribution is 9.10. The summed E-state index contributed by atoms with van der Waals surface area (Å²) in [5, 5.41) is 1.46. The average molecular weight is 503 g/mol. The molecule has 0 spiro atoms. The van der Waals surface area contributed by atoms with Crippen molar-refractivity contribution in [1.82, 2.24) is 4.98 Å². The van der Waals surface area contributed by atoms with Crippen molar-refractivity contribution in [1.29, 1.82) is 0 Å². The molecule has 1 aliphatic rings. The van der Waals surface area contributed by atoms with Gasteiger partial charge < -0.3 is 4.98 Å². The van der Waals surface area contributed by atoms with Gasteiger partial charge in [-0.05, 0) is 42.9 Å². The van der Waals surface area contributed by atoms with E-state index in [0.29, 0.717) is 0 Å². The van der Waals surface area contributed by atoms with Gasteiger partial charge in [0.05, 0.1) is 0 Å². The number of nitrogens with one attached hydrogen (secondary N) is 1. The smallest absolute Gasteiger partial charge is 0.0470 e. The maximum absolute atomic E-state index is 3.67. The number of H-pyrrole nitrogens is 1. The Hall–Kier alpha value is -0.760. The van der Waals surface area contributed by atoms with Crippen LogP contribution in [0.3, 0.4) is 0 Å². The molecule has 0 bridgehead atoms. The average Bonchev–Trinajstić information content (AvgIpc) is 3.15. The van der Waals surface area contributed by atoms with Crippen LogP contribution in [-0.2, 0) is 12.8 Å². The molecule has 1 atom stereocenters. The van der Waals surface area contributed by atoms with Crippen LogP contribution in [0.4, 0.5) is 0 Å². The van der Waals surface area contributed by atoms with Crippen molar-refractivity contribution in [3.63, 3.8) is 0 Å². The highest BCUT2D eigenvalue weighted by Gasteiger charge is 2.22. The molecule has 0 amide bonds. The summed E-state index contributed by atoms with van der Waals surface area (Å²) in [6.07, 6.45) is 28.7. The van der Waals surface area contributed by atoms with Gasteiger partial charge in [-0.3, -0.25) is 0 Å². The third kappa shape index (κ3) is 8.88. The van der Waals surface area contributed by atoms with E-state index < -0.39 is 0 Å². The van der Waals surface area contributed by atoms with E-state index in [2.05, 4.69) is 46.0 Å². The van der Waals surface area contributed by atoms with Gasteiger partial charge in [-0.2, -0.15) is 0 Å². The molecule has 2 aromatic rings. The molecule has 0 saturated heterocycles. The standard InChI is InChI=1S/C30H48BrN/c1-2-3-4-5-6-7-8-9-10-11-12-13-14-15-16-17-18-25-19-22-29-28(23-25)27-21-20-26(31)24-30(27)32-29/h20-21,24-25,32H,2-19,22-23H2,1H3. The molecule has 3 rings (SSSR count). The largest absolute Gasteiger partial charge is 0.358 e. The van der Waals surface area contributed by atoms with Gasteiger partial charge in [-0.25, -0.2) is 0 Å². The zero-order valence-corrected chi connectivity index (χ0v) is 22.4. The molecule has 0 fully saturated rings. The fourth-order valence-electron chi connectivity index (χ4n) is 5.70. The lowest BCUT2D eigenvalue weighted by Crippen LogP contribution is -2.13. The molecule has 2 heteroatoms. The Labute approximate surface area is 206 Å². The fourth-order valence-corrected chi connectivity index (χ4v) is 6.06. The first-order chi connectivity index (χ1) is 15.8. The summed E-state index contributed by atoms with van der Waals surface area (Å²) in [7, 11) is 0. The highest BCUT2D eigenvalue weighted by Crippen LogP contribution is 2.34. The summed E-state index contributed by atoms with van der Waals surface area (Å²) in [5.41, 5.74) is 4.43. The summed E-state index contributed by atoms with van der Waals surface area (Å²) >= 11 is 3.61. The van der Waals surface area contributed by atoms with Gasteiger partial charge in [-0.1, -0.05) is 138 Å². The first-order valence-corrected chi connectivity index (χ1v) is 14.9. The van der Waals surface area contributed by atoms with Crippen LogP contribution in [0.15, 0.2) is 22.7 Å². The van der Waals surface area contributed by atoms with E-state index in [9.17, 15) is 0 Å². The Morgan fingerprint density at radius 1 is 0.781 bits per heavy atom. The number of rotatable bonds is 17. The number of unbranched alkanes of at least 4 members (excludes halogenated alkanes) is 15. The first-order valence-electron chi connectivity index (χ1n) is 14.1. The highest BCUT2D eigenvalue weighted by atomic mass is 79.9. The van der Waals surface area contributed by atoms with Crippen LogP contribution in [0, 0.1) is 5.92 Å². The Morgan fingerprint density at radius 2 is 1.34 bits per heavy atom. The lowest BCUT2D eigenvalue weighted by atomic mass is 9.83. The van der Waals surface area contributed by atoms with Crippen LogP contribution >= 0.6 is 15.9 Å². The lowest BCUT2D eigenvalue weighted by Gasteiger charge is -2.22. The molecule has 0 aliphatic heterocycles. The lowest BCUT2D eigenvalue weighted by molar-refractivity contribution is 0.403. The van der Waals surface area contributed by atoms with Crippen LogP contribution in [-0.4, -0.2) is 4.98 Å². The number of halogens is 1. The summed E-state index contributed by atoms with van der Waals surface area (Å²) in [4.78, 5) is 3.67. The number of hydrogen-bond donors (Lipinski definition) is 1. The van der Waals surface area contributed by atoms with Crippen LogP contribution < -0.4 is 0 Å². The maximum atomic E-state index is 3.67. The van der Waals surface area contributed by atoms with Gasteiger partial charge in [-0.15, -0.1) is 0 Å². The van der Waals surface area contributed by atoms with E-state index in [1.165, 1.54) is 149 Å². The number of fused-ring (bicyclic) bond motifs is 3. The van der Waals surface area contributed by atoms with Gasteiger partial charge in [0.15, 0.2) is 0 Å². The second kappa shape index (κ2) is 15.2. The van der Waals surface area contributed by atoms with Crippen molar-refractivity contribution in [3.05, 3.63) is 33.9 Å². The monoisotopic (exact) mass is 501 g/mol. The Balaban J connectivity index is 1.14. The number of aryl methyl sites for hydroxylation is 1. The van der Waals surface area contributed by atoms with E-state index in [-0.39, 0.29) is 0 Å². The van der Waals surface area contributed by atoms with Gasteiger partial charge in [0, 0.05) is 21.1 Å². The minimum absolute atomic E-state index is 0.900. The van der Waals surface area contributed by atoms with Crippen molar-refractivity contribution in [2.24, 2.45) is 5.92 Å². The molecule has 1 aliphatic carbocycles. The first kappa shape index (κ1) is 25.9. The van der Waals surface area contributed by atoms with Gasteiger partial charge in [0.1, 0.15) is 0 Å². The summed E-state index contributed by atoms with van der Waals surface area (Å²) in [5.74, 6) is 0.900. The van der Waals surface area contributed by atoms with Gasteiger partial charge in [0.25, 0.3) is 0 Å². The zero-order valence-electron chi connectivity index (χ0n) is 20.8. The quantitative estimate of drug-likeness (QED) is 0.207. The molecule has 1 N–H and O–H groups in total. The minimum atomic E-state index is 0.900. The molecule has 180 valence electrons. The van der Waals surface area contributed by atoms with E-state index in [4.69, 9.17) is 0 Å². The summed E-state index contributed by atoms with van der Waals surface area (Å²) in [6, 6.07) is 6.72. The van der Waals surface area contributed by atoms with Crippen LogP contribution in [0.2, 0.25) is 0 Å². The SMILES string of the molecule is CCCCCCCCCCCCCCCCCCC1CCc2[nH]c3cc(Br)ccc3c2C1. The third-order valence-corrected chi connectivity index (χ3v) is 8.21. The van der Waals surface area contributed by atoms with E-state index in [1.54, 1.807) is 5.56 Å². The van der Waals surface area contributed by atoms with E-state index in [0.717, 1.165) is 5.92 Å². The van der Waals surface area contributed by atoms with Crippen molar-refractivity contribution >= 4 is 26.8 Å². The Kier molecular flexibility index (Phi) is 12.3. The molecule has 0 saturated carbocycles. The minimum Gasteiger partial charge on any atom is -0.358 e.